The number of rotatable bonds is 14. The van der Waals surface area contributed by atoms with E-state index in [1.54, 1.807) is 29.1 Å². The number of hydrogen-bond donors (Lipinski definition) is 7. The number of carbonyl (C=O) groups excluding carboxylic acids is 6. The highest BCUT2D eigenvalue weighted by Crippen LogP contribution is 2.34. The average molecular weight is 1080 g/mol. The standard InChI is InChI=1S/C18H21N7O2.C14H14N6O4S.C14H14N6O3S/c1-9(10-2-3-10)20-17-23-15-12(6-11-7-14(26)22-16(11)27)8-19-25(15)18(24-17)21-13-4-5-13;1-25(23,24)14-18-11-8(4-7-5-10(21)17-12(7)22)6-15-20(11)13(19-14)16-9-2-3-9;1-24(23)14-18-11-8(4-7-5-10(21)17-12(7)22)6-15-20(11)13(19-14)16-9-2-3-9/h6,8-10,13H,2-5,7H2,1H3,(H,22,26,27)(H2,20,21,23,24);4,6,9H,2-3,5H2,1H3,(H,16,18,19)(H,17,21,22);4,6,9H,2-3,5H2,1H3,(H,16,18,19)(H,17,21,22)/b11-6+;2*7-4+/t9-;;/m0../s1. The molecule has 4 saturated carbocycles. The van der Waals surface area contributed by atoms with E-state index >= 15 is 0 Å². The van der Waals surface area contributed by atoms with E-state index in [4.69, 9.17) is 0 Å². The van der Waals surface area contributed by atoms with Gasteiger partial charge in [-0.25, -0.2) is 8.42 Å². The first-order chi connectivity index (χ1) is 36.4. The van der Waals surface area contributed by atoms with E-state index in [9.17, 15) is 41.4 Å². The second-order valence-corrected chi connectivity index (χ2v) is 22.6. The Bertz CT molecular complexity index is 3710. The van der Waals surface area contributed by atoms with Crippen molar-refractivity contribution >= 4 is 115 Å². The predicted octanol–water partition coefficient (Wildman–Crippen LogP) is 0.737. The van der Waals surface area contributed by atoms with Crippen molar-refractivity contribution < 1.29 is 41.4 Å². The molecule has 3 aliphatic heterocycles. The van der Waals surface area contributed by atoms with Crippen molar-refractivity contribution in [2.24, 2.45) is 5.92 Å². The van der Waals surface area contributed by atoms with Crippen molar-refractivity contribution in [3.63, 3.8) is 0 Å². The summed E-state index contributed by atoms with van der Waals surface area (Å²) in [4.78, 5) is 95.4. The zero-order valence-corrected chi connectivity index (χ0v) is 42.6. The van der Waals surface area contributed by atoms with Gasteiger partial charge in [0.2, 0.25) is 56.5 Å². The molecule has 0 spiro atoms. The van der Waals surface area contributed by atoms with Gasteiger partial charge in [0.1, 0.15) is 0 Å². The molecule has 28 nitrogen and oxygen atoms in total. The summed E-state index contributed by atoms with van der Waals surface area (Å²) in [7, 11) is -4.99. The molecule has 394 valence electrons. The van der Waals surface area contributed by atoms with Gasteiger partial charge in [0.25, 0.3) is 22.9 Å². The third-order valence-corrected chi connectivity index (χ3v) is 14.4. The van der Waals surface area contributed by atoms with Crippen LogP contribution in [0, 0.1) is 5.92 Å². The molecule has 7 aliphatic rings. The molecule has 0 radical (unpaired) electrons. The quantitative estimate of drug-likeness (QED) is 0.0584. The molecule has 6 aromatic rings. The van der Waals surface area contributed by atoms with Gasteiger partial charge in [-0.05, 0) is 82.4 Å². The largest absolute Gasteiger partial charge is 0.351 e. The summed E-state index contributed by atoms with van der Waals surface area (Å²) in [5.41, 5.74) is 4.05. The summed E-state index contributed by atoms with van der Waals surface area (Å²) in [6, 6.07) is 1.30. The lowest BCUT2D eigenvalue weighted by atomic mass is 10.1. The van der Waals surface area contributed by atoms with Crippen LogP contribution in [0.3, 0.4) is 0 Å². The molecule has 13 rings (SSSR count). The maximum absolute atomic E-state index is 11.9. The number of fused-ring (bicyclic) bond motifs is 3. The number of carbonyl (C=O) groups is 6. The molecule has 30 heteroatoms. The van der Waals surface area contributed by atoms with Crippen molar-refractivity contribution in [1.82, 2.24) is 74.7 Å². The summed E-state index contributed by atoms with van der Waals surface area (Å²) in [6.07, 6.45) is 20.8. The van der Waals surface area contributed by atoms with Gasteiger partial charge in [-0.2, -0.15) is 58.7 Å². The number of nitrogens with zero attached hydrogens (tertiary/aromatic N) is 12. The first kappa shape index (κ1) is 49.8. The van der Waals surface area contributed by atoms with Gasteiger partial charge in [-0.1, -0.05) is 0 Å². The first-order valence-corrected chi connectivity index (χ1v) is 27.8. The third kappa shape index (κ3) is 11.2. The highest BCUT2D eigenvalue weighted by atomic mass is 32.2. The van der Waals surface area contributed by atoms with Crippen molar-refractivity contribution in [2.45, 2.75) is 112 Å². The lowest BCUT2D eigenvalue weighted by Crippen LogP contribution is -2.21. The second-order valence-electron chi connectivity index (χ2n) is 19.5. The topological polar surface area (TPSA) is 367 Å². The Morgan fingerprint density at radius 1 is 0.579 bits per heavy atom. The maximum Gasteiger partial charge on any atom is 0.254 e. The summed E-state index contributed by atoms with van der Waals surface area (Å²) in [5, 5.41) is 32.6. The molecule has 6 amide bonds. The monoisotopic (exact) mass is 1080 g/mol. The fourth-order valence-corrected chi connectivity index (χ4v) is 9.10. The minimum atomic E-state index is -3.63. The zero-order valence-electron chi connectivity index (χ0n) is 41.0. The molecule has 6 aromatic heterocycles. The van der Waals surface area contributed by atoms with E-state index < -0.39 is 32.5 Å². The van der Waals surface area contributed by atoms with Crippen molar-refractivity contribution in [3.05, 3.63) is 52.0 Å². The molecule has 4 aliphatic carbocycles. The van der Waals surface area contributed by atoms with Gasteiger partial charge in [-0.15, -0.1) is 0 Å². The van der Waals surface area contributed by atoms with Crippen LogP contribution in [0.1, 0.15) is 94.2 Å². The highest BCUT2D eigenvalue weighted by Gasteiger charge is 2.32. The minimum Gasteiger partial charge on any atom is -0.351 e. The number of amides is 6. The van der Waals surface area contributed by atoms with Gasteiger partial charge in [0.05, 0.1) is 48.7 Å². The molecule has 0 aromatic carbocycles. The van der Waals surface area contributed by atoms with Gasteiger partial charge in [-0.3, -0.25) is 48.9 Å². The van der Waals surface area contributed by atoms with Gasteiger partial charge >= 0.3 is 0 Å². The number of sulfone groups is 1. The van der Waals surface area contributed by atoms with E-state index in [0.29, 0.717) is 81.0 Å². The van der Waals surface area contributed by atoms with E-state index in [2.05, 4.69) is 89.3 Å². The number of aromatic nitrogens is 12. The Kier molecular flexibility index (Phi) is 12.9. The van der Waals surface area contributed by atoms with Crippen LogP contribution in [0.4, 0.5) is 23.8 Å². The maximum atomic E-state index is 11.9. The first-order valence-electron chi connectivity index (χ1n) is 24.4. The lowest BCUT2D eigenvalue weighted by Gasteiger charge is -2.14. The van der Waals surface area contributed by atoms with Crippen molar-refractivity contribution in [1.29, 1.82) is 0 Å². The van der Waals surface area contributed by atoms with Crippen LogP contribution in [0.25, 0.3) is 35.2 Å². The second kappa shape index (κ2) is 19.7. The van der Waals surface area contributed by atoms with E-state index in [1.165, 1.54) is 40.4 Å². The minimum absolute atomic E-state index is 0.0288. The zero-order chi connectivity index (χ0) is 53.2. The van der Waals surface area contributed by atoms with Crippen LogP contribution in [-0.2, 0) is 49.4 Å². The molecular weight excluding hydrogens is 1030 g/mol. The molecule has 2 atom stereocenters. The summed E-state index contributed by atoms with van der Waals surface area (Å²) >= 11 is 0. The Hall–Kier alpha value is -8.41. The van der Waals surface area contributed by atoms with Crippen molar-refractivity contribution in [3.8, 4) is 0 Å². The fraction of sp³-hybridized carbons (Fsp3) is 0.413. The van der Waals surface area contributed by atoms with Crippen LogP contribution in [0.5, 0.6) is 0 Å². The number of nitrogens with one attached hydrogen (secondary N) is 7. The van der Waals surface area contributed by atoms with Crippen LogP contribution in [0.2, 0.25) is 0 Å². The summed E-state index contributed by atoms with van der Waals surface area (Å²) in [6.45, 7) is 2.15. The number of hydrogen-bond acceptors (Lipinski definition) is 22. The Morgan fingerprint density at radius 3 is 1.34 bits per heavy atom. The SMILES string of the molecule is CS(=O)(=O)c1nc(NC2CC2)n2ncc(/C=C3\CC(=O)NC3=O)c2n1.CS(=O)c1nc(NC2CC2)n2ncc(/C=C3\CC(=O)NC3=O)c2n1.C[C@H](Nc1nc(NC2CC2)n2ncc(/C=C3\CC(=O)NC3=O)c2n1)C1CC1. The Labute approximate surface area is 433 Å². The van der Waals surface area contributed by atoms with E-state index in [-0.39, 0.29) is 76.4 Å². The average Bonchev–Trinajstić information content (AvgIpc) is 4.28. The molecule has 3 saturated heterocycles. The van der Waals surface area contributed by atoms with Crippen LogP contribution < -0.4 is 37.2 Å². The van der Waals surface area contributed by atoms with Crippen molar-refractivity contribution in [2.75, 3.05) is 33.8 Å². The molecular formula is C46H49N19O9S2. The molecule has 76 heavy (non-hydrogen) atoms. The van der Waals surface area contributed by atoms with Gasteiger partial charge in [0, 0.05) is 70.1 Å². The fourth-order valence-electron chi connectivity index (χ4n) is 8.16. The third-order valence-electron chi connectivity index (χ3n) is 12.8. The number of imide groups is 3. The van der Waals surface area contributed by atoms with Crippen LogP contribution in [-0.4, -0.2) is 143 Å². The number of anilines is 4. The van der Waals surface area contributed by atoms with E-state index in [0.717, 1.165) is 44.8 Å². The Balaban J connectivity index is 0.000000122. The Morgan fingerprint density at radius 2 is 0.974 bits per heavy atom. The molecule has 7 N–H and O–H groups in total. The predicted molar refractivity (Wildman–Crippen MR) is 271 cm³/mol. The molecule has 1 unspecified atom stereocenters. The smallest absolute Gasteiger partial charge is 0.254 e. The summed E-state index contributed by atoms with van der Waals surface area (Å²) < 4.78 is 40.2. The highest BCUT2D eigenvalue weighted by molar-refractivity contribution is 7.90. The molecule has 0 bridgehead atoms. The normalized spacial score (nSPS) is 20.9. The van der Waals surface area contributed by atoms with Crippen LogP contribution >= 0.6 is 0 Å². The lowest BCUT2D eigenvalue weighted by molar-refractivity contribution is -0.125. The molecule has 7 fully saturated rings. The van der Waals surface area contributed by atoms with E-state index in [1.807, 2.05) is 0 Å². The summed E-state index contributed by atoms with van der Waals surface area (Å²) in [5.74, 6) is 0.389. The molecule has 9 heterocycles. The van der Waals surface area contributed by atoms with Gasteiger partial charge < -0.3 is 21.3 Å². The van der Waals surface area contributed by atoms with Gasteiger partial charge in [0.15, 0.2) is 16.9 Å². The van der Waals surface area contributed by atoms with Crippen LogP contribution in [0.15, 0.2) is 45.6 Å².